The molecule has 34 heavy (non-hydrogen) atoms. The number of aromatic nitrogens is 4. The van der Waals surface area contributed by atoms with Crippen LogP contribution in [0.25, 0.3) is 11.0 Å². The van der Waals surface area contributed by atoms with E-state index in [1.54, 1.807) is 35.1 Å². The van der Waals surface area contributed by atoms with E-state index in [1.807, 2.05) is 31.2 Å². The normalized spacial score (nSPS) is 20.4. The van der Waals surface area contributed by atoms with Gasteiger partial charge in [-0.1, -0.05) is 6.07 Å². The summed E-state index contributed by atoms with van der Waals surface area (Å²) in [7, 11) is 1.80. The summed E-state index contributed by atoms with van der Waals surface area (Å²) in [5.41, 5.74) is 5.47. The number of H-pyrrole nitrogens is 1. The zero-order valence-electron chi connectivity index (χ0n) is 19.2. The Morgan fingerprint density at radius 3 is 2.79 bits per heavy atom. The van der Waals surface area contributed by atoms with Gasteiger partial charge in [-0.05, 0) is 44.2 Å². The molecule has 0 aliphatic carbocycles. The number of aryl methyl sites for hydroxylation is 1. The Labute approximate surface area is 195 Å². The van der Waals surface area contributed by atoms with Crippen molar-refractivity contribution in [2.45, 2.75) is 25.9 Å². The third-order valence-corrected chi connectivity index (χ3v) is 6.99. The summed E-state index contributed by atoms with van der Waals surface area (Å²) in [4.78, 5) is 24.7. The average molecular weight is 461 g/mol. The molecule has 6 rings (SSSR count). The third-order valence-electron chi connectivity index (χ3n) is 6.99. The number of benzene rings is 2. The molecule has 0 spiro atoms. The molecular formula is C25H25FN6O2. The number of fused-ring (bicyclic) bond motifs is 2. The first kappa shape index (κ1) is 20.9. The average Bonchev–Trinajstić information content (AvgIpc) is 3.49. The van der Waals surface area contributed by atoms with Gasteiger partial charge in [0.15, 0.2) is 5.69 Å². The minimum atomic E-state index is -0.618. The second-order valence-corrected chi connectivity index (χ2v) is 8.98. The predicted molar refractivity (Wildman–Crippen MR) is 127 cm³/mol. The SMILES string of the molecule is Cc1c2c(nn1C)C(=O)N(c1ccc3nc[nH]c3c1)C2c1ccc(N2CCOC[C@H]2C)cc1F. The van der Waals surface area contributed by atoms with Crippen LogP contribution < -0.4 is 9.80 Å². The summed E-state index contributed by atoms with van der Waals surface area (Å²) in [6.45, 7) is 5.92. The number of anilines is 2. The summed E-state index contributed by atoms with van der Waals surface area (Å²) >= 11 is 0. The highest BCUT2D eigenvalue weighted by molar-refractivity contribution is 6.11. The Balaban J connectivity index is 1.48. The molecule has 0 bridgehead atoms. The van der Waals surface area contributed by atoms with Crippen molar-refractivity contribution >= 4 is 28.3 Å². The van der Waals surface area contributed by atoms with Crippen LogP contribution in [0.5, 0.6) is 0 Å². The van der Waals surface area contributed by atoms with Crippen molar-refractivity contribution in [1.82, 2.24) is 19.7 Å². The van der Waals surface area contributed by atoms with Crippen molar-refractivity contribution in [2.24, 2.45) is 7.05 Å². The van der Waals surface area contributed by atoms with E-state index in [1.165, 1.54) is 0 Å². The fraction of sp³-hybridized carbons (Fsp3) is 0.320. The minimum absolute atomic E-state index is 0.164. The number of hydrogen-bond donors (Lipinski definition) is 1. The van der Waals surface area contributed by atoms with Crippen LogP contribution in [0.15, 0.2) is 42.7 Å². The molecule has 1 saturated heterocycles. The maximum absolute atomic E-state index is 15.8. The van der Waals surface area contributed by atoms with E-state index in [2.05, 4.69) is 26.9 Å². The Morgan fingerprint density at radius 1 is 1.18 bits per heavy atom. The molecule has 8 nitrogen and oxygen atoms in total. The molecule has 1 unspecified atom stereocenters. The lowest BCUT2D eigenvalue weighted by molar-refractivity contribution is 0.0985. The van der Waals surface area contributed by atoms with Crippen LogP contribution in [0.4, 0.5) is 15.8 Å². The monoisotopic (exact) mass is 460 g/mol. The summed E-state index contributed by atoms with van der Waals surface area (Å²) in [6.07, 6.45) is 1.61. The molecule has 2 atom stereocenters. The molecule has 1 N–H and O–H groups in total. The predicted octanol–water partition coefficient (Wildman–Crippen LogP) is 3.72. The van der Waals surface area contributed by atoms with Gasteiger partial charge in [-0.25, -0.2) is 9.37 Å². The summed E-state index contributed by atoms with van der Waals surface area (Å²) in [6, 6.07) is 10.4. The number of hydrogen-bond acceptors (Lipinski definition) is 5. The first-order valence-electron chi connectivity index (χ1n) is 11.4. The lowest BCUT2D eigenvalue weighted by atomic mass is 9.97. The Morgan fingerprint density at radius 2 is 2.00 bits per heavy atom. The maximum atomic E-state index is 15.8. The maximum Gasteiger partial charge on any atom is 0.280 e. The molecular weight excluding hydrogens is 435 g/mol. The smallest absolute Gasteiger partial charge is 0.280 e. The Kier molecular flexibility index (Phi) is 4.70. The van der Waals surface area contributed by atoms with Gasteiger partial charge in [0.25, 0.3) is 5.91 Å². The highest BCUT2D eigenvalue weighted by Crippen LogP contribution is 2.44. The lowest BCUT2D eigenvalue weighted by Crippen LogP contribution is -2.43. The molecule has 2 aliphatic heterocycles. The van der Waals surface area contributed by atoms with Gasteiger partial charge in [0.2, 0.25) is 0 Å². The number of aromatic amines is 1. The van der Waals surface area contributed by atoms with Crippen LogP contribution in [0.2, 0.25) is 0 Å². The van der Waals surface area contributed by atoms with E-state index in [0.717, 1.165) is 28.0 Å². The van der Waals surface area contributed by atoms with Crippen molar-refractivity contribution in [3.63, 3.8) is 0 Å². The van der Waals surface area contributed by atoms with E-state index in [4.69, 9.17) is 4.74 Å². The van der Waals surface area contributed by atoms with Gasteiger partial charge in [0.05, 0.1) is 36.6 Å². The Bertz CT molecular complexity index is 1430. The van der Waals surface area contributed by atoms with Crippen molar-refractivity contribution in [3.05, 3.63) is 71.1 Å². The quantitative estimate of drug-likeness (QED) is 0.504. The van der Waals surface area contributed by atoms with Crippen LogP contribution in [0.1, 0.15) is 40.3 Å². The van der Waals surface area contributed by atoms with Gasteiger partial charge in [-0.15, -0.1) is 0 Å². The van der Waals surface area contributed by atoms with Crippen LogP contribution in [-0.2, 0) is 11.8 Å². The van der Waals surface area contributed by atoms with Gasteiger partial charge in [0.1, 0.15) is 5.82 Å². The van der Waals surface area contributed by atoms with Gasteiger partial charge < -0.3 is 14.6 Å². The van der Waals surface area contributed by atoms with Crippen LogP contribution in [0.3, 0.4) is 0 Å². The molecule has 9 heteroatoms. The number of nitrogens with zero attached hydrogens (tertiary/aromatic N) is 5. The fourth-order valence-corrected chi connectivity index (χ4v) is 5.13. The number of rotatable bonds is 3. The van der Waals surface area contributed by atoms with Gasteiger partial charge >= 0.3 is 0 Å². The third kappa shape index (κ3) is 3.03. The number of nitrogens with one attached hydrogen (secondary N) is 1. The zero-order valence-corrected chi connectivity index (χ0v) is 19.2. The van der Waals surface area contributed by atoms with Crippen molar-refractivity contribution in [3.8, 4) is 0 Å². The molecule has 0 saturated carbocycles. The molecule has 0 radical (unpaired) electrons. The molecule has 2 aliphatic rings. The van der Waals surface area contributed by atoms with Crippen molar-refractivity contribution in [1.29, 1.82) is 0 Å². The van der Waals surface area contributed by atoms with E-state index in [0.29, 0.717) is 36.7 Å². The number of carbonyl (C=O) groups excluding carboxylic acids is 1. The van der Waals surface area contributed by atoms with E-state index < -0.39 is 6.04 Å². The highest BCUT2D eigenvalue weighted by Gasteiger charge is 2.44. The van der Waals surface area contributed by atoms with Gasteiger partial charge in [-0.3, -0.25) is 14.4 Å². The van der Waals surface area contributed by atoms with Crippen LogP contribution >= 0.6 is 0 Å². The summed E-state index contributed by atoms with van der Waals surface area (Å²) < 4.78 is 23.0. The minimum Gasteiger partial charge on any atom is -0.377 e. The van der Waals surface area contributed by atoms with E-state index in [-0.39, 0.29) is 17.8 Å². The first-order valence-corrected chi connectivity index (χ1v) is 11.4. The van der Waals surface area contributed by atoms with E-state index in [9.17, 15) is 4.79 Å². The van der Waals surface area contributed by atoms with Gasteiger partial charge in [0, 0.05) is 47.8 Å². The number of halogens is 1. The number of ether oxygens (including phenoxy) is 1. The van der Waals surface area contributed by atoms with Crippen LogP contribution in [0, 0.1) is 12.7 Å². The fourth-order valence-electron chi connectivity index (χ4n) is 5.13. The molecule has 2 aromatic carbocycles. The molecule has 1 fully saturated rings. The summed E-state index contributed by atoms with van der Waals surface area (Å²) in [5, 5.41) is 4.47. The van der Waals surface area contributed by atoms with Crippen LogP contribution in [-0.4, -0.2) is 51.5 Å². The van der Waals surface area contributed by atoms with Crippen molar-refractivity contribution in [2.75, 3.05) is 29.6 Å². The van der Waals surface area contributed by atoms with Gasteiger partial charge in [-0.2, -0.15) is 5.10 Å². The second kappa shape index (κ2) is 7.66. The Hall–Kier alpha value is -3.72. The molecule has 4 heterocycles. The standard InChI is InChI=1S/C25H25FN6O2/c1-14-12-34-9-8-31(14)16-4-6-18(19(26)10-16)24-22-15(2)30(3)29-23(22)25(33)32(24)17-5-7-20-21(11-17)28-13-27-20/h4-7,10-11,13-14,24H,8-9,12H2,1-3H3,(H,27,28)/t14-,24?/m1/s1. The topological polar surface area (TPSA) is 79.3 Å². The number of morpholine rings is 1. The zero-order chi connectivity index (χ0) is 23.6. The number of carbonyl (C=O) groups is 1. The van der Waals surface area contributed by atoms with Crippen molar-refractivity contribution < 1.29 is 13.9 Å². The number of amides is 1. The molecule has 1 amide bonds. The highest BCUT2D eigenvalue weighted by atomic mass is 19.1. The summed E-state index contributed by atoms with van der Waals surface area (Å²) in [5.74, 6) is -0.592. The number of imidazole rings is 1. The second-order valence-electron chi connectivity index (χ2n) is 8.98. The lowest BCUT2D eigenvalue weighted by Gasteiger charge is -2.35. The molecule has 2 aromatic heterocycles. The molecule has 174 valence electrons. The van der Waals surface area contributed by atoms with E-state index >= 15 is 4.39 Å². The largest absolute Gasteiger partial charge is 0.377 e. The molecule has 4 aromatic rings. The first-order chi connectivity index (χ1) is 16.4.